The molecule has 0 atom stereocenters. The molecular weight excluding hydrogens is 817 g/mol. The van der Waals surface area contributed by atoms with Crippen molar-refractivity contribution in [2.24, 2.45) is 0 Å². The molecule has 2 aromatic carbocycles. The van der Waals surface area contributed by atoms with Crippen molar-refractivity contribution in [2.75, 3.05) is 13.1 Å². The summed E-state index contributed by atoms with van der Waals surface area (Å²) >= 11 is 6.25. The average Bonchev–Trinajstić information content (AvgIpc) is 2.72. The Morgan fingerprint density at radius 3 is 1.54 bits per heavy atom. The molecule has 0 bridgehead atoms. The fourth-order valence-electron chi connectivity index (χ4n) is 2.71. The van der Waals surface area contributed by atoms with E-state index in [1.165, 1.54) is 0 Å². The Morgan fingerprint density at radius 1 is 0.730 bits per heavy atom. The zero-order chi connectivity index (χ0) is 28.4. The molecule has 2 aromatic rings. The van der Waals surface area contributed by atoms with Gasteiger partial charge < -0.3 is 30.3 Å². The molecule has 11 heteroatoms. The number of nitrogens with one attached hydrogen (secondary N) is 2. The highest BCUT2D eigenvalue weighted by Crippen LogP contribution is 2.27. The van der Waals surface area contributed by atoms with Crippen LogP contribution in [0.1, 0.15) is 52.7 Å². The van der Waals surface area contributed by atoms with Gasteiger partial charge in [0.15, 0.2) is 0 Å². The smallest absolute Gasteiger partial charge is 0.407 e. The van der Waals surface area contributed by atoms with E-state index in [2.05, 4.69) is 78.4 Å². The Hall–Kier alpha value is -1.23. The minimum atomic E-state index is -0.479. The molecule has 0 aliphatic rings. The average molecular weight is 852 g/mol. The van der Waals surface area contributed by atoms with Crippen molar-refractivity contribution in [2.45, 2.75) is 65.6 Å². The summed E-state index contributed by atoms with van der Waals surface area (Å²) in [5.41, 5.74) is 1.18. The summed E-state index contributed by atoms with van der Waals surface area (Å²) < 4.78 is 12.7. The molecule has 4 N–H and O–H groups in total. The summed E-state index contributed by atoms with van der Waals surface area (Å²) in [6.07, 6.45) is 0.591. The van der Waals surface area contributed by atoms with Crippen LogP contribution in [0.5, 0.6) is 11.5 Å². The first-order valence-corrected chi connectivity index (χ1v) is 14.8. The Bertz CT molecular complexity index is 1040. The number of carbonyl (C=O) groups is 2. The third kappa shape index (κ3) is 15.1. The Balaban J connectivity index is 0.000000371. The maximum absolute atomic E-state index is 11.5. The third-order valence-electron chi connectivity index (χ3n) is 4.25. The highest BCUT2D eigenvalue weighted by Gasteiger charge is 2.16. The fraction of sp³-hybridized carbons (Fsp3) is 0.462. The molecule has 0 heterocycles. The lowest BCUT2D eigenvalue weighted by atomic mass is 10.1. The van der Waals surface area contributed by atoms with Crippen LogP contribution in [-0.2, 0) is 22.3 Å². The molecular formula is C26H35I3N2O6. The highest BCUT2D eigenvalue weighted by molar-refractivity contribution is 14.1. The molecule has 0 fully saturated rings. The number of alkyl carbamates (subject to hydrolysis) is 2. The first-order valence-electron chi connectivity index (χ1n) is 11.5. The molecule has 0 saturated carbocycles. The van der Waals surface area contributed by atoms with Crippen LogP contribution in [0.25, 0.3) is 0 Å². The molecule has 0 aromatic heterocycles. The van der Waals surface area contributed by atoms with E-state index in [0.29, 0.717) is 31.7 Å². The van der Waals surface area contributed by atoms with E-state index in [1.54, 1.807) is 6.07 Å². The van der Waals surface area contributed by atoms with Gasteiger partial charge in [0, 0.05) is 13.1 Å². The van der Waals surface area contributed by atoms with E-state index in [9.17, 15) is 19.8 Å². The van der Waals surface area contributed by atoms with Crippen molar-refractivity contribution in [3.05, 3.63) is 52.2 Å². The van der Waals surface area contributed by atoms with Crippen LogP contribution in [0.4, 0.5) is 9.59 Å². The van der Waals surface area contributed by atoms with Gasteiger partial charge in [0.05, 0.1) is 10.7 Å². The molecule has 8 nitrogen and oxygen atoms in total. The fourth-order valence-corrected chi connectivity index (χ4v) is 5.19. The largest absolute Gasteiger partial charge is 0.507 e. The second kappa shape index (κ2) is 15.4. The maximum Gasteiger partial charge on any atom is 0.407 e. The maximum atomic E-state index is 11.5. The zero-order valence-corrected chi connectivity index (χ0v) is 28.3. The van der Waals surface area contributed by atoms with Gasteiger partial charge in [-0.3, -0.25) is 0 Å². The molecule has 206 valence electrons. The van der Waals surface area contributed by atoms with E-state index in [-0.39, 0.29) is 5.75 Å². The van der Waals surface area contributed by atoms with Crippen LogP contribution in [-0.4, -0.2) is 46.7 Å². The number of aromatic hydroxyl groups is 2. The van der Waals surface area contributed by atoms with Gasteiger partial charge in [-0.25, -0.2) is 9.59 Å². The molecule has 0 aliphatic carbocycles. The van der Waals surface area contributed by atoms with Crippen LogP contribution in [0.15, 0.2) is 30.3 Å². The second-order valence-corrected chi connectivity index (χ2v) is 13.5. The number of benzene rings is 2. The van der Waals surface area contributed by atoms with Gasteiger partial charge in [-0.2, -0.15) is 0 Å². The van der Waals surface area contributed by atoms with E-state index in [1.807, 2.05) is 65.8 Å². The summed E-state index contributed by atoms with van der Waals surface area (Å²) in [5.74, 6) is 0.588. The monoisotopic (exact) mass is 852 g/mol. The number of ether oxygens (including phenoxy) is 2. The number of phenols is 2. The normalized spacial score (nSPS) is 11.2. The van der Waals surface area contributed by atoms with Crippen LogP contribution in [0.3, 0.4) is 0 Å². The molecule has 2 amide bonds. The molecule has 0 radical (unpaired) electrons. The predicted molar refractivity (Wildman–Crippen MR) is 170 cm³/mol. The lowest BCUT2D eigenvalue weighted by Gasteiger charge is -2.19. The number of phenolic OH excluding ortho intramolecular Hbond substituents is 2. The van der Waals surface area contributed by atoms with Crippen molar-refractivity contribution in [1.29, 1.82) is 0 Å². The van der Waals surface area contributed by atoms with Crippen LogP contribution < -0.4 is 10.6 Å². The zero-order valence-electron chi connectivity index (χ0n) is 21.9. The van der Waals surface area contributed by atoms with Gasteiger partial charge >= 0.3 is 12.2 Å². The van der Waals surface area contributed by atoms with Crippen LogP contribution in [0.2, 0.25) is 0 Å². The number of hydrogen-bond acceptors (Lipinski definition) is 6. The molecule has 0 saturated heterocycles. The number of rotatable bonds is 6. The lowest BCUT2D eigenvalue weighted by molar-refractivity contribution is 0.0517. The summed E-state index contributed by atoms with van der Waals surface area (Å²) in [6, 6.07) is 9.22. The Labute approximate surface area is 260 Å². The number of carbonyl (C=O) groups excluding carboxylic acids is 2. The number of halogens is 3. The van der Waals surface area contributed by atoms with Gasteiger partial charge in [0.25, 0.3) is 0 Å². The summed E-state index contributed by atoms with van der Waals surface area (Å²) in [4.78, 5) is 22.9. The van der Waals surface area contributed by atoms with Gasteiger partial charge in [-0.1, -0.05) is 6.07 Å². The predicted octanol–water partition coefficient (Wildman–Crippen LogP) is 6.73. The van der Waals surface area contributed by atoms with Crippen LogP contribution >= 0.6 is 67.8 Å². The van der Waals surface area contributed by atoms with Gasteiger partial charge in [0.1, 0.15) is 22.7 Å². The van der Waals surface area contributed by atoms with Crippen molar-refractivity contribution in [3.8, 4) is 11.5 Å². The van der Waals surface area contributed by atoms with Crippen molar-refractivity contribution in [3.63, 3.8) is 0 Å². The van der Waals surface area contributed by atoms with Gasteiger partial charge in [-0.05, 0) is 158 Å². The topological polar surface area (TPSA) is 117 Å². The van der Waals surface area contributed by atoms with Gasteiger partial charge in [0.2, 0.25) is 0 Å². The number of hydrogen-bond donors (Lipinski definition) is 4. The third-order valence-corrected chi connectivity index (χ3v) is 6.76. The quantitative estimate of drug-likeness (QED) is 0.240. The summed E-state index contributed by atoms with van der Waals surface area (Å²) in [5, 5.41) is 24.5. The molecule has 0 unspecified atom stereocenters. The molecule has 0 aliphatic heterocycles. The molecule has 2 rings (SSSR count). The summed E-state index contributed by atoms with van der Waals surface area (Å²) in [7, 11) is 0. The Morgan fingerprint density at radius 2 is 1.14 bits per heavy atom. The highest BCUT2D eigenvalue weighted by atomic mass is 127. The van der Waals surface area contributed by atoms with Crippen molar-refractivity contribution in [1.82, 2.24) is 10.6 Å². The minimum Gasteiger partial charge on any atom is -0.507 e. The SMILES string of the molecule is CC(C)(C)OC(=O)NCCc1cc(I)c(O)c(I)c1.CC(C)(C)OC(=O)NCCc1ccc(O)c(I)c1. The van der Waals surface area contributed by atoms with Gasteiger partial charge in [-0.15, -0.1) is 0 Å². The van der Waals surface area contributed by atoms with E-state index < -0.39 is 23.4 Å². The molecule has 0 spiro atoms. The van der Waals surface area contributed by atoms with E-state index in [4.69, 9.17) is 9.47 Å². The molecule has 37 heavy (non-hydrogen) atoms. The first kappa shape index (κ1) is 33.8. The number of amides is 2. The first-order chi connectivity index (χ1) is 17.0. The van der Waals surface area contributed by atoms with E-state index >= 15 is 0 Å². The lowest BCUT2D eigenvalue weighted by Crippen LogP contribution is -2.33. The Kier molecular flexibility index (Phi) is 14.1. The standard InChI is InChI=1S/C13H17I2NO3.C13H18INO3/c1-13(2,3)19-12(18)16-5-4-8-6-9(14)11(17)10(15)7-8;1-13(2,3)18-12(17)15-7-6-9-4-5-11(16)10(14)8-9/h6-7,17H,4-5H2,1-3H3,(H,16,18);4-5,8,16H,6-7H2,1-3H3,(H,15,17). The van der Waals surface area contributed by atoms with E-state index in [0.717, 1.165) is 21.8 Å². The van der Waals surface area contributed by atoms with Crippen molar-refractivity contribution >= 4 is 80.0 Å². The van der Waals surface area contributed by atoms with Crippen LogP contribution in [0, 0.1) is 10.7 Å². The summed E-state index contributed by atoms with van der Waals surface area (Å²) in [6.45, 7) is 12.0. The minimum absolute atomic E-state index is 0.277. The second-order valence-electron chi connectivity index (χ2n) is 10.1. The van der Waals surface area contributed by atoms with Crippen molar-refractivity contribution < 1.29 is 29.3 Å².